The van der Waals surface area contributed by atoms with Crippen molar-refractivity contribution in [3.63, 3.8) is 0 Å². The van der Waals surface area contributed by atoms with E-state index in [1.54, 1.807) is 6.20 Å². The van der Waals surface area contributed by atoms with Crippen molar-refractivity contribution in [1.29, 1.82) is 0 Å². The van der Waals surface area contributed by atoms with Crippen molar-refractivity contribution in [2.24, 2.45) is 0 Å². The number of benzene rings is 1. The second-order valence-electron chi connectivity index (χ2n) is 5.73. The first kappa shape index (κ1) is 14.5. The molecule has 0 spiro atoms. The fourth-order valence-electron chi connectivity index (χ4n) is 2.75. The molecule has 0 bridgehead atoms. The first-order valence-corrected chi connectivity index (χ1v) is 8.47. The fraction of sp³-hybridized carbons (Fsp3) is 0.222. The maximum atomic E-state index is 5.90. The van der Waals surface area contributed by atoms with Crippen LogP contribution >= 0.6 is 15.9 Å². The molecule has 1 fully saturated rings. The zero-order chi connectivity index (χ0) is 15.6. The van der Waals surface area contributed by atoms with Crippen molar-refractivity contribution in [1.82, 2.24) is 9.97 Å². The quantitative estimate of drug-likeness (QED) is 0.739. The largest absolute Gasteiger partial charge is 0.473 e. The maximum Gasteiger partial charge on any atom is 0.228 e. The first-order valence-electron chi connectivity index (χ1n) is 7.67. The molecule has 2 aromatic heterocycles. The lowest BCUT2D eigenvalue weighted by Gasteiger charge is -2.35. The van der Waals surface area contributed by atoms with Crippen LogP contribution in [0.4, 0.5) is 5.82 Å². The van der Waals surface area contributed by atoms with Crippen molar-refractivity contribution in [3.8, 4) is 5.88 Å². The number of ether oxygens (including phenoxy) is 1. The number of anilines is 1. The Morgan fingerprint density at radius 1 is 1.04 bits per heavy atom. The van der Waals surface area contributed by atoms with Gasteiger partial charge in [0.05, 0.1) is 9.99 Å². The summed E-state index contributed by atoms with van der Waals surface area (Å²) in [6, 6.07) is 16.5. The molecule has 3 aromatic rings. The van der Waals surface area contributed by atoms with Crippen molar-refractivity contribution < 1.29 is 4.74 Å². The minimum Gasteiger partial charge on any atom is -0.473 e. The highest BCUT2D eigenvalue weighted by molar-refractivity contribution is 9.10. The van der Waals surface area contributed by atoms with Crippen LogP contribution in [0.3, 0.4) is 0 Å². The van der Waals surface area contributed by atoms with E-state index in [4.69, 9.17) is 4.74 Å². The van der Waals surface area contributed by atoms with E-state index >= 15 is 0 Å². The van der Waals surface area contributed by atoms with Gasteiger partial charge in [0.2, 0.25) is 5.88 Å². The molecule has 0 unspecified atom stereocenters. The van der Waals surface area contributed by atoms with Crippen LogP contribution in [-0.4, -0.2) is 22.1 Å². The molecule has 2 heterocycles. The number of para-hydroxylation sites is 1. The molecule has 0 atom stereocenters. The molecule has 23 heavy (non-hydrogen) atoms. The van der Waals surface area contributed by atoms with Gasteiger partial charge in [0.15, 0.2) is 0 Å². The average Bonchev–Trinajstić information content (AvgIpc) is 2.54. The Kier molecular flexibility index (Phi) is 3.87. The Bertz CT molecular complexity index is 833. The van der Waals surface area contributed by atoms with Crippen LogP contribution in [0.1, 0.15) is 12.8 Å². The van der Waals surface area contributed by atoms with Gasteiger partial charge in [0, 0.05) is 30.5 Å². The highest BCUT2D eigenvalue weighted by Gasteiger charge is 2.31. The summed E-state index contributed by atoms with van der Waals surface area (Å²) < 4.78 is 6.80. The molecule has 4 nitrogen and oxygen atoms in total. The molecule has 1 N–H and O–H groups in total. The Morgan fingerprint density at radius 2 is 1.91 bits per heavy atom. The molecule has 0 saturated heterocycles. The summed E-state index contributed by atoms with van der Waals surface area (Å²) in [5.41, 5.74) is 1.02. The number of halogens is 1. The molecule has 4 rings (SSSR count). The highest BCUT2D eigenvalue weighted by atomic mass is 79.9. The van der Waals surface area contributed by atoms with Crippen LogP contribution < -0.4 is 10.1 Å². The molecular weight excluding hydrogens is 354 g/mol. The predicted molar refractivity (Wildman–Crippen MR) is 94.7 cm³/mol. The number of fused-ring (bicyclic) bond motifs is 1. The van der Waals surface area contributed by atoms with Gasteiger partial charge in [-0.3, -0.25) is 0 Å². The molecule has 5 heteroatoms. The van der Waals surface area contributed by atoms with E-state index in [2.05, 4.69) is 43.3 Å². The fourth-order valence-corrected chi connectivity index (χ4v) is 3.10. The molecule has 1 aliphatic carbocycles. The summed E-state index contributed by atoms with van der Waals surface area (Å²) in [6.07, 6.45) is 3.86. The summed E-state index contributed by atoms with van der Waals surface area (Å²) >= 11 is 3.46. The van der Waals surface area contributed by atoms with Gasteiger partial charge in [0.1, 0.15) is 11.9 Å². The molecule has 116 valence electrons. The van der Waals surface area contributed by atoms with Gasteiger partial charge < -0.3 is 10.1 Å². The second kappa shape index (κ2) is 6.16. The Balaban J connectivity index is 1.36. The van der Waals surface area contributed by atoms with E-state index in [-0.39, 0.29) is 6.10 Å². The molecule has 1 aliphatic rings. The zero-order valence-electron chi connectivity index (χ0n) is 12.4. The van der Waals surface area contributed by atoms with Crippen LogP contribution in [0, 0.1) is 0 Å². The van der Waals surface area contributed by atoms with Crippen molar-refractivity contribution in [2.75, 3.05) is 5.32 Å². The van der Waals surface area contributed by atoms with Gasteiger partial charge in [-0.2, -0.15) is 0 Å². The van der Waals surface area contributed by atoms with Crippen molar-refractivity contribution in [3.05, 3.63) is 59.2 Å². The monoisotopic (exact) mass is 369 g/mol. The predicted octanol–water partition coefficient (Wildman–Crippen LogP) is 4.41. The third kappa shape index (κ3) is 3.15. The number of pyridine rings is 2. The smallest absolute Gasteiger partial charge is 0.228 e. The number of rotatable bonds is 4. The van der Waals surface area contributed by atoms with Crippen LogP contribution in [-0.2, 0) is 0 Å². The molecular formula is C18H16BrN3O. The van der Waals surface area contributed by atoms with E-state index in [9.17, 15) is 0 Å². The molecule has 0 radical (unpaired) electrons. The highest BCUT2D eigenvalue weighted by Crippen LogP contribution is 2.30. The van der Waals surface area contributed by atoms with Gasteiger partial charge >= 0.3 is 0 Å². The van der Waals surface area contributed by atoms with Crippen LogP contribution in [0.25, 0.3) is 10.9 Å². The standard InChI is InChI=1S/C18H16BrN3O/c19-15-5-3-9-20-18(15)23-14-10-13(11-14)21-17-8-7-12-4-1-2-6-16(12)22-17/h1-9,13-14H,10-11H2,(H,21,22). The van der Waals surface area contributed by atoms with E-state index in [0.29, 0.717) is 11.9 Å². The number of hydrogen-bond acceptors (Lipinski definition) is 4. The summed E-state index contributed by atoms with van der Waals surface area (Å²) in [4.78, 5) is 8.89. The van der Waals surface area contributed by atoms with Gasteiger partial charge in [-0.15, -0.1) is 0 Å². The van der Waals surface area contributed by atoms with E-state index in [1.165, 1.54) is 0 Å². The van der Waals surface area contributed by atoms with Crippen molar-refractivity contribution in [2.45, 2.75) is 25.0 Å². The normalized spacial score (nSPS) is 20.0. The number of nitrogens with zero attached hydrogens (tertiary/aromatic N) is 2. The van der Waals surface area contributed by atoms with E-state index < -0.39 is 0 Å². The summed E-state index contributed by atoms with van der Waals surface area (Å²) in [5, 5.41) is 4.64. The SMILES string of the molecule is Brc1cccnc1OC1CC(Nc2ccc3ccccc3n2)C1. The lowest BCUT2D eigenvalue weighted by Crippen LogP contribution is -2.42. The Morgan fingerprint density at radius 3 is 2.78 bits per heavy atom. The van der Waals surface area contributed by atoms with Gasteiger partial charge in [0.25, 0.3) is 0 Å². The number of nitrogens with one attached hydrogen (secondary N) is 1. The van der Waals surface area contributed by atoms with Gasteiger partial charge in [-0.05, 0) is 46.3 Å². The van der Waals surface area contributed by atoms with Crippen LogP contribution in [0.5, 0.6) is 5.88 Å². The first-order chi connectivity index (χ1) is 11.3. The molecule has 1 saturated carbocycles. The summed E-state index contributed by atoms with van der Waals surface area (Å²) in [6.45, 7) is 0. The molecule has 0 aliphatic heterocycles. The van der Waals surface area contributed by atoms with Gasteiger partial charge in [-0.25, -0.2) is 9.97 Å². The zero-order valence-corrected chi connectivity index (χ0v) is 14.0. The van der Waals surface area contributed by atoms with E-state index in [0.717, 1.165) is 34.0 Å². The lowest BCUT2D eigenvalue weighted by molar-refractivity contribution is 0.102. The number of aromatic nitrogens is 2. The minimum atomic E-state index is 0.208. The molecule has 1 aromatic carbocycles. The molecule has 0 amide bonds. The summed E-state index contributed by atoms with van der Waals surface area (Å²) in [5.74, 6) is 1.59. The third-order valence-corrected chi connectivity index (χ3v) is 4.65. The lowest BCUT2D eigenvalue weighted by atomic mass is 9.89. The maximum absolute atomic E-state index is 5.90. The third-order valence-electron chi connectivity index (χ3n) is 4.05. The topological polar surface area (TPSA) is 47.0 Å². The second-order valence-corrected chi connectivity index (χ2v) is 6.59. The van der Waals surface area contributed by atoms with Gasteiger partial charge in [-0.1, -0.05) is 18.2 Å². The van der Waals surface area contributed by atoms with Crippen LogP contribution in [0.2, 0.25) is 0 Å². The summed E-state index contributed by atoms with van der Waals surface area (Å²) in [7, 11) is 0. The Labute approximate surface area is 143 Å². The average molecular weight is 370 g/mol. The van der Waals surface area contributed by atoms with Crippen LogP contribution in [0.15, 0.2) is 59.2 Å². The minimum absolute atomic E-state index is 0.208. The van der Waals surface area contributed by atoms with E-state index in [1.807, 2.05) is 36.4 Å². The Hall–Kier alpha value is -2.14. The number of hydrogen-bond donors (Lipinski definition) is 1. The van der Waals surface area contributed by atoms with Crippen molar-refractivity contribution >= 4 is 32.7 Å².